The van der Waals surface area contributed by atoms with E-state index in [1.807, 2.05) is 30.3 Å². The van der Waals surface area contributed by atoms with Gasteiger partial charge in [-0.25, -0.2) is 0 Å². The van der Waals surface area contributed by atoms with Gasteiger partial charge in [0, 0.05) is 11.1 Å². The second-order valence-electron chi connectivity index (χ2n) is 6.04. The Morgan fingerprint density at radius 1 is 0.857 bits per heavy atom. The summed E-state index contributed by atoms with van der Waals surface area (Å²) in [5.74, 6) is -1.30. The average Bonchev–Trinajstić information content (AvgIpc) is 3.22. The molecule has 0 saturated heterocycles. The van der Waals surface area contributed by atoms with Crippen molar-refractivity contribution >= 4 is 22.7 Å². The van der Waals surface area contributed by atoms with E-state index in [1.54, 1.807) is 30.3 Å². The molecule has 0 aliphatic carbocycles. The van der Waals surface area contributed by atoms with Gasteiger partial charge in [0.2, 0.25) is 0 Å². The first-order valence-electron chi connectivity index (χ1n) is 8.45. The normalized spacial score (nSPS) is 10.6. The van der Waals surface area contributed by atoms with E-state index in [9.17, 15) is 14.4 Å². The minimum absolute atomic E-state index is 0.103. The molecular weight excluding hydrogens is 358 g/mol. The average molecular weight is 373 g/mol. The van der Waals surface area contributed by atoms with Crippen LogP contribution in [0.15, 0.2) is 71.5 Å². The standard InChI is InChI=1S/C20H15N5O3/c26-18-14(10-13-8-4-5-9-15(13)21-18)19(27)24-25-20(28)17-11-16(22-23-17)12-6-2-1-3-7-12/h1-11H,(H,21,26)(H,22,23)(H,24,27)(H,25,28). The fraction of sp³-hybridized carbons (Fsp3) is 0. The van der Waals surface area contributed by atoms with Crippen LogP contribution in [0.2, 0.25) is 0 Å². The SMILES string of the molecule is O=C(NNC(=O)c1cc2ccccc2[nH]c1=O)c1cc(-c2ccccc2)n[nH]1. The maximum Gasteiger partial charge on any atom is 0.287 e. The number of carbonyl (C=O) groups is 2. The summed E-state index contributed by atoms with van der Waals surface area (Å²) in [7, 11) is 0. The molecule has 0 aliphatic heterocycles. The molecule has 138 valence electrons. The number of fused-ring (bicyclic) bond motifs is 1. The van der Waals surface area contributed by atoms with Gasteiger partial charge in [-0.05, 0) is 23.6 Å². The molecule has 2 aromatic carbocycles. The lowest BCUT2D eigenvalue weighted by molar-refractivity contribution is 0.0843. The largest absolute Gasteiger partial charge is 0.321 e. The summed E-state index contributed by atoms with van der Waals surface area (Å²) in [5.41, 5.74) is 6.12. The van der Waals surface area contributed by atoms with Gasteiger partial charge in [-0.2, -0.15) is 5.10 Å². The predicted molar refractivity (Wildman–Crippen MR) is 104 cm³/mol. The topological polar surface area (TPSA) is 120 Å². The molecule has 8 heteroatoms. The number of H-pyrrole nitrogens is 2. The molecule has 2 aromatic heterocycles. The molecule has 0 aliphatic rings. The van der Waals surface area contributed by atoms with Crippen molar-refractivity contribution < 1.29 is 9.59 Å². The summed E-state index contributed by atoms with van der Waals surface area (Å²) in [4.78, 5) is 39.3. The minimum Gasteiger partial charge on any atom is -0.321 e. The highest BCUT2D eigenvalue weighted by atomic mass is 16.2. The molecule has 0 fully saturated rings. The van der Waals surface area contributed by atoms with Crippen LogP contribution in [0.5, 0.6) is 0 Å². The Hall–Kier alpha value is -4.20. The molecule has 2 amide bonds. The third kappa shape index (κ3) is 3.38. The first-order chi connectivity index (χ1) is 13.6. The molecule has 4 N–H and O–H groups in total. The summed E-state index contributed by atoms with van der Waals surface area (Å²) < 4.78 is 0. The number of amides is 2. The quantitative estimate of drug-likeness (QED) is 0.411. The molecule has 4 rings (SSSR count). The van der Waals surface area contributed by atoms with E-state index < -0.39 is 17.4 Å². The minimum atomic E-state index is -0.719. The second-order valence-corrected chi connectivity index (χ2v) is 6.04. The summed E-state index contributed by atoms with van der Waals surface area (Å²) >= 11 is 0. The molecule has 8 nitrogen and oxygen atoms in total. The predicted octanol–water partition coefficient (Wildman–Crippen LogP) is 1.99. The van der Waals surface area contributed by atoms with Crippen LogP contribution >= 0.6 is 0 Å². The van der Waals surface area contributed by atoms with Gasteiger partial charge in [0.25, 0.3) is 17.4 Å². The molecule has 0 atom stereocenters. The Morgan fingerprint density at radius 3 is 2.39 bits per heavy atom. The van der Waals surface area contributed by atoms with Gasteiger partial charge in [-0.3, -0.25) is 30.3 Å². The highest BCUT2D eigenvalue weighted by Gasteiger charge is 2.15. The first kappa shape index (κ1) is 17.2. The third-order valence-corrected chi connectivity index (χ3v) is 4.18. The lowest BCUT2D eigenvalue weighted by Crippen LogP contribution is -2.43. The number of nitrogens with zero attached hydrogens (tertiary/aromatic N) is 1. The molecule has 28 heavy (non-hydrogen) atoms. The molecule has 0 unspecified atom stereocenters. The second kappa shape index (κ2) is 7.20. The zero-order chi connectivity index (χ0) is 19.5. The van der Waals surface area contributed by atoms with Gasteiger partial charge in [0.05, 0.1) is 5.69 Å². The van der Waals surface area contributed by atoms with Crippen LogP contribution in [0.25, 0.3) is 22.2 Å². The number of hydrogen-bond donors (Lipinski definition) is 4. The summed E-state index contributed by atoms with van der Waals surface area (Å²) in [6, 6.07) is 19.5. The highest BCUT2D eigenvalue weighted by molar-refractivity contribution is 6.00. The van der Waals surface area contributed by atoms with Crippen molar-refractivity contribution in [3.05, 3.63) is 88.3 Å². The van der Waals surface area contributed by atoms with Crippen molar-refractivity contribution in [2.75, 3.05) is 0 Å². The van der Waals surface area contributed by atoms with E-state index in [0.717, 1.165) is 5.56 Å². The number of hydrogen-bond acceptors (Lipinski definition) is 4. The lowest BCUT2D eigenvalue weighted by atomic mass is 10.1. The Bertz CT molecular complexity index is 1230. The van der Waals surface area contributed by atoms with Crippen LogP contribution < -0.4 is 16.4 Å². The number of aromatic nitrogens is 3. The number of rotatable bonds is 3. The van der Waals surface area contributed by atoms with Crippen molar-refractivity contribution in [2.45, 2.75) is 0 Å². The Morgan fingerprint density at radius 2 is 1.57 bits per heavy atom. The van der Waals surface area contributed by atoms with Gasteiger partial charge in [0.15, 0.2) is 0 Å². The Kier molecular flexibility index (Phi) is 4.43. The zero-order valence-corrected chi connectivity index (χ0v) is 14.5. The zero-order valence-electron chi connectivity index (χ0n) is 14.5. The number of aromatic amines is 2. The maximum absolute atomic E-state index is 12.3. The van der Waals surface area contributed by atoms with Gasteiger partial charge in [-0.1, -0.05) is 48.5 Å². The summed E-state index contributed by atoms with van der Waals surface area (Å²) in [6.07, 6.45) is 0. The van der Waals surface area contributed by atoms with Crippen molar-refractivity contribution in [1.82, 2.24) is 26.0 Å². The smallest absolute Gasteiger partial charge is 0.287 e. The number of carbonyl (C=O) groups excluding carboxylic acids is 2. The van der Waals surface area contributed by atoms with Gasteiger partial charge in [-0.15, -0.1) is 0 Å². The molecular formula is C20H15N5O3. The fourth-order valence-corrected chi connectivity index (χ4v) is 2.76. The van der Waals surface area contributed by atoms with Crippen LogP contribution in [0.3, 0.4) is 0 Å². The molecule has 0 radical (unpaired) electrons. The van der Waals surface area contributed by atoms with Crippen LogP contribution in [0.4, 0.5) is 0 Å². The number of para-hydroxylation sites is 1. The molecule has 0 bridgehead atoms. The van der Waals surface area contributed by atoms with Crippen molar-refractivity contribution in [3.63, 3.8) is 0 Å². The van der Waals surface area contributed by atoms with Crippen molar-refractivity contribution in [1.29, 1.82) is 0 Å². The van der Waals surface area contributed by atoms with Crippen molar-refractivity contribution in [3.8, 4) is 11.3 Å². The Balaban J connectivity index is 1.47. The van der Waals surface area contributed by atoms with Gasteiger partial charge in [0.1, 0.15) is 11.3 Å². The molecule has 0 spiro atoms. The van der Waals surface area contributed by atoms with E-state index in [1.165, 1.54) is 6.07 Å². The number of hydrazine groups is 1. The summed E-state index contributed by atoms with van der Waals surface area (Å²) in [5, 5.41) is 7.42. The molecule has 2 heterocycles. The highest BCUT2D eigenvalue weighted by Crippen LogP contribution is 2.16. The molecule has 4 aromatic rings. The van der Waals surface area contributed by atoms with Crippen LogP contribution in [-0.2, 0) is 0 Å². The van der Waals surface area contributed by atoms with Crippen molar-refractivity contribution in [2.24, 2.45) is 0 Å². The lowest BCUT2D eigenvalue weighted by Gasteiger charge is -2.06. The van der Waals surface area contributed by atoms with E-state index in [4.69, 9.17) is 0 Å². The maximum atomic E-state index is 12.3. The summed E-state index contributed by atoms with van der Waals surface area (Å²) in [6.45, 7) is 0. The van der Waals surface area contributed by atoms with E-state index in [0.29, 0.717) is 16.6 Å². The van der Waals surface area contributed by atoms with E-state index in [-0.39, 0.29) is 11.3 Å². The number of benzene rings is 2. The van der Waals surface area contributed by atoms with E-state index >= 15 is 0 Å². The first-order valence-corrected chi connectivity index (χ1v) is 8.45. The monoisotopic (exact) mass is 373 g/mol. The van der Waals surface area contributed by atoms with Crippen LogP contribution in [0, 0.1) is 0 Å². The Labute approximate surface area is 158 Å². The van der Waals surface area contributed by atoms with Crippen LogP contribution in [-0.4, -0.2) is 27.0 Å². The van der Waals surface area contributed by atoms with E-state index in [2.05, 4.69) is 26.0 Å². The number of pyridine rings is 1. The number of nitrogens with one attached hydrogen (secondary N) is 4. The third-order valence-electron chi connectivity index (χ3n) is 4.18. The van der Waals surface area contributed by atoms with Gasteiger partial charge >= 0.3 is 0 Å². The van der Waals surface area contributed by atoms with Crippen LogP contribution in [0.1, 0.15) is 20.8 Å². The molecule has 0 saturated carbocycles. The van der Waals surface area contributed by atoms with Gasteiger partial charge < -0.3 is 4.98 Å². The fourth-order valence-electron chi connectivity index (χ4n) is 2.76.